The maximum atomic E-state index is 12.6. The zero-order valence-electron chi connectivity index (χ0n) is 24.2. The number of hydrogen-bond acceptors (Lipinski definition) is 7. The predicted octanol–water partition coefficient (Wildman–Crippen LogP) is 8.10. The van der Waals surface area contributed by atoms with E-state index < -0.39 is 19.7 Å². The van der Waals surface area contributed by atoms with Gasteiger partial charge in [-0.25, -0.2) is 16.8 Å². The van der Waals surface area contributed by atoms with Gasteiger partial charge in [-0.1, -0.05) is 42.8 Å². The fraction of sp³-hybridized carbons (Fsp3) is 0.143. The van der Waals surface area contributed by atoms with E-state index in [1.54, 1.807) is 136 Å². The maximum absolute atomic E-state index is 12.6. The Morgan fingerprint density at radius 2 is 0.614 bits per heavy atom. The lowest BCUT2D eigenvalue weighted by molar-refractivity contribution is 0.413. The van der Waals surface area contributed by atoms with Gasteiger partial charge in [0, 0.05) is 0 Å². The van der Waals surface area contributed by atoms with Crippen molar-refractivity contribution in [1.82, 2.24) is 0 Å². The molecule has 9 heteroatoms. The van der Waals surface area contributed by atoms with Gasteiger partial charge in [0.05, 0.1) is 33.8 Å². The number of ether oxygens (including phenoxy) is 3. The molecule has 0 atom stereocenters. The van der Waals surface area contributed by atoms with E-state index in [1.165, 1.54) is 0 Å². The number of methoxy groups -OCH3 is 2. The van der Waals surface area contributed by atoms with Crippen LogP contribution in [0.3, 0.4) is 0 Å². The van der Waals surface area contributed by atoms with Gasteiger partial charge in [-0.3, -0.25) is 0 Å². The molecule has 0 unspecified atom stereocenters. The molecule has 0 spiro atoms. The fourth-order valence-electron chi connectivity index (χ4n) is 3.93. The highest BCUT2D eigenvalue weighted by molar-refractivity contribution is 7.91. The maximum Gasteiger partial charge on any atom is 0.206 e. The number of benzene rings is 5. The third-order valence-electron chi connectivity index (χ3n) is 6.46. The Bertz CT molecular complexity index is 1850. The lowest BCUT2D eigenvalue weighted by atomic mass is 10.2. The molecule has 0 aromatic heterocycles. The highest BCUT2D eigenvalue weighted by atomic mass is 32.2. The molecule has 0 aliphatic carbocycles. The van der Waals surface area contributed by atoms with Crippen molar-refractivity contribution in [1.29, 1.82) is 0 Å². The quantitative estimate of drug-likeness (QED) is 0.171. The van der Waals surface area contributed by atoms with E-state index >= 15 is 0 Å². The monoisotopic (exact) mass is 632 g/mol. The van der Waals surface area contributed by atoms with Crippen LogP contribution < -0.4 is 14.2 Å². The Balaban J connectivity index is 0.000000247. The fourth-order valence-corrected chi connectivity index (χ4v) is 6.45. The SMILES string of the molecule is C.COc1ccc(Oc2ccc(S(=O)(=O)c3ccc(C)cc3)cc2)cc1.COc1ccc(S(=O)(=O)c2ccc(C)cc2)cc1. The van der Waals surface area contributed by atoms with Crippen molar-refractivity contribution in [3.05, 3.63) is 132 Å². The van der Waals surface area contributed by atoms with Crippen LogP contribution >= 0.6 is 0 Å². The minimum Gasteiger partial charge on any atom is -0.497 e. The average Bonchev–Trinajstić information content (AvgIpc) is 3.02. The summed E-state index contributed by atoms with van der Waals surface area (Å²) in [5, 5.41) is 0. The van der Waals surface area contributed by atoms with Crippen LogP contribution in [-0.4, -0.2) is 31.1 Å². The molecule has 0 aliphatic rings. The summed E-state index contributed by atoms with van der Waals surface area (Å²) in [6.45, 7) is 3.84. The number of rotatable bonds is 8. The van der Waals surface area contributed by atoms with Crippen molar-refractivity contribution in [3.8, 4) is 23.0 Å². The first kappa shape index (κ1) is 33.9. The molecule has 0 saturated heterocycles. The Kier molecular flexibility index (Phi) is 11.3. The van der Waals surface area contributed by atoms with Gasteiger partial charge in [-0.15, -0.1) is 0 Å². The van der Waals surface area contributed by atoms with Crippen molar-refractivity contribution in [2.24, 2.45) is 0 Å². The molecule has 0 fully saturated rings. The lowest BCUT2D eigenvalue weighted by Gasteiger charge is -2.08. The molecule has 5 aromatic carbocycles. The summed E-state index contributed by atoms with van der Waals surface area (Å²) in [5.41, 5.74) is 2.05. The van der Waals surface area contributed by atoms with E-state index in [0.717, 1.165) is 16.9 Å². The molecular weight excluding hydrogens is 597 g/mol. The Labute approximate surface area is 260 Å². The van der Waals surface area contributed by atoms with E-state index in [9.17, 15) is 16.8 Å². The molecule has 0 N–H and O–H groups in total. The first-order valence-electron chi connectivity index (χ1n) is 13.2. The van der Waals surface area contributed by atoms with E-state index in [4.69, 9.17) is 14.2 Å². The van der Waals surface area contributed by atoms with Gasteiger partial charge in [0.15, 0.2) is 0 Å². The van der Waals surface area contributed by atoms with Gasteiger partial charge >= 0.3 is 0 Å². The summed E-state index contributed by atoms with van der Waals surface area (Å²) < 4.78 is 65.7. The van der Waals surface area contributed by atoms with Crippen molar-refractivity contribution in [2.45, 2.75) is 40.9 Å². The number of aryl methyl sites for hydroxylation is 2. The Morgan fingerprint density at radius 3 is 0.909 bits per heavy atom. The molecule has 5 aromatic rings. The van der Waals surface area contributed by atoms with Crippen molar-refractivity contribution < 1.29 is 31.0 Å². The molecule has 0 amide bonds. The van der Waals surface area contributed by atoms with Crippen LogP contribution in [-0.2, 0) is 19.7 Å². The smallest absolute Gasteiger partial charge is 0.206 e. The van der Waals surface area contributed by atoms with Gasteiger partial charge in [-0.05, 0) is 111 Å². The highest BCUT2D eigenvalue weighted by Gasteiger charge is 2.18. The summed E-state index contributed by atoms with van der Waals surface area (Å²) in [5.74, 6) is 2.59. The molecule has 0 aliphatic heterocycles. The number of sulfone groups is 2. The molecule has 230 valence electrons. The summed E-state index contributed by atoms with van der Waals surface area (Å²) in [6, 6.07) is 33.6. The Morgan fingerprint density at radius 1 is 0.386 bits per heavy atom. The lowest BCUT2D eigenvalue weighted by Crippen LogP contribution is -2.01. The molecule has 44 heavy (non-hydrogen) atoms. The molecule has 0 bridgehead atoms. The zero-order valence-corrected chi connectivity index (χ0v) is 25.9. The second-order valence-corrected chi connectivity index (χ2v) is 13.5. The van der Waals surface area contributed by atoms with Crippen LogP contribution in [0.15, 0.2) is 141 Å². The third-order valence-corrected chi connectivity index (χ3v) is 10.0. The molecule has 5 rings (SSSR count). The van der Waals surface area contributed by atoms with Crippen molar-refractivity contribution in [3.63, 3.8) is 0 Å². The van der Waals surface area contributed by atoms with Crippen LogP contribution in [0.4, 0.5) is 0 Å². The standard InChI is InChI=1S/C20H18O4S.C14H14O3S.CH4/c1-15-3-11-19(12-4-15)25(21,22)20-13-9-18(10-14-20)24-17-7-5-16(23-2)6-8-17;1-11-3-7-13(8-4-11)18(15,16)14-9-5-12(17-2)6-10-14;/h3-14H,1-2H3;3-10H,1-2H3;1H4. The van der Waals surface area contributed by atoms with Crippen molar-refractivity contribution in [2.75, 3.05) is 14.2 Å². The van der Waals surface area contributed by atoms with E-state index in [-0.39, 0.29) is 22.1 Å². The van der Waals surface area contributed by atoms with Gasteiger partial charge in [0.1, 0.15) is 23.0 Å². The minimum atomic E-state index is -3.53. The van der Waals surface area contributed by atoms with Crippen molar-refractivity contribution >= 4 is 19.7 Å². The first-order valence-corrected chi connectivity index (χ1v) is 16.2. The second kappa shape index (κ2) is 14.7. The number of hydrogen-bond donors (Lipinski definition) is 0. The summed E-state index contributed by atoms with van der Waals surface area (Å²) in [4.78, 5) is 1.09. The minimum absolute atomic E-state index is 0. The Hall–Kier alpha value is -4.60. The van der Waals surface area contributed by atoms with Crippen LogP contribution in [0.5, 0.6) is 23.0 Å². The first-order chi connectivity index (χ1) is 20.5. The molecule has 0 saturated carbocycles. The van der Waals surface area contributed by atoms with Crippen LogP contribution in [0.1, 0.15) is 18.6 Å². The largest absolute Gasteiger partial charge is 0.497 e. The summed E-state index contributed by atoms with van der Waals surface area (Å²) >= 11 is 0. The van der Waals surface area contributed by atoms with Gasteiger partial charge < -0.3 is 14.2 Å². The molecule has 0 radical (unpaired) electrons. The van der Waals surface area contributed by atoms with Gasteiger partial charge in [0.2, 0.25) is 19.7 Å². The normalized spacial score (nSPS) is 10.9. The predicted molar refractivity (Wildman–Crippen MR) is 172 cm³/mol. The van der Waals surface area contributed by atoms with Crippen LogP contribution in [0, 0.1) is 13.8 Å². The van der Waals surface area contributed by atoms with E-state index in [2.05, 4.69) is 0 Å². The highest BCUT2D eigenvalue weighted by Crippen LogP contribution is 2.27. The zero-order chi connectivity index (χ0) is 31.0. The third kappa shape index (κ3) is 8.27. The second-order valence-electron chi connectivity index (χ2n) is 9.56. The van der Waals surface area contributed by atoms with E-state index in [1.807, 2.05) is 13.8 Å². The molecule has 0 heterocycles. The van der Waals surface area contributed by atoms with Gasteiger partial charge in [-0.2, -0.15) is 0 Å². The molecule has 7 nitrogen and oxygen atoms in total. The average molecular weight is 633 g/mol. The van der Waals surface area contributed by atoms with Gasteiger partial charge in [0.25, 0.3) is 0 Å². The molecular formula is C35H36O7S2. The summed E-state index contributed by atoms with van der Waals surface area (Å²) in [7, 11) is -3.82. The topological polar surface area (TPSA) is 96.0 Å². The van der Waals surface area contributed by atoms with Crippen LogP contribution in [0.2, 0.25) is 0 Å². The van der Waals surface area contributed by atoms with Crippen LogP contribution in [0.25, 0.3) is 0 Å². The summed E-state index contributed by atoms with van der Waals surface area (Å²) in [6.07, 6.45) is 0. The van der Waals surface area contributed by atoms with E-state index in [0.29, 0.717) is 22.1 Å².